The highest BCUT2D eigenvalue weighted by molar-refractivity contribution is 7.89. The zero-order valence-electron chi connectivity index (χ0n) is 18.4. The molecule has 1 amide bonds. The maximum Gasteiger partial charge on any atom is 0.255 e. The smallest absolute Gasteiger partial charge is 0.255 e. The number of rotatable bonds is 7. The lowest BCUT2D eigenvalue weighted by Crippen LogP contribution is -2.41. The quantitative estimate of drug-likeness (QED) is 0.677. The molecule has 0 saturated heterocycles. The number of nitrogens with zero attached hydrogens (tertiary/aromatic N) is 2. The van der Waals surface area contributed by atoms with Gasteiger partial charge in [-0.1, -0.05) is 19.8 Å². The molecule has 3 rings (SSSR count). The zero-order valence-corrected chi connectivity index (χ0v) is 19.2. The summed E-state index contributed by atoms with van der Waals surface area (Å²) < 4.78 is 34.3. The molecule has 8 nitrogen and oxygen atoms in total. The van der Waals surface area contributed by atoms with Crippen LogP contribution in [0.4, 0.5) is 11.5 Å². The van der Waals surface area contributed by atoms with Crippen LogP contribution in [0.15, 0.2) is 41.4 Å². The van der Waals surface area contributed by atoms with Crippen LogP contribution in [-0.4, -0.2) is 46.6 Å². The standard InChI is InChI=1S/C22H30N4O4S/c1-15-7-5-6-8-18(15)25-31(28,29)20-13-16(9-11-19(20)30-4)22(27)24-17-10-12-21(23-14-17)26(2)3/h9-15,18,25H,5-8H2,1-4H3,(H,24,27)/t15-,18-/m1/s1. The fourth-order valence-corrected chi connectivity index (χ4v) is 5.28. The van der Waals surface area contributed by atoms with Crippen LogP contribution in [0.2, 0.25) is 0 Å². The molecule has 168 valence electrons. The van der Waals surface area contributed by atoms with Gasteiger partial charge in [0.25, 0.3) is 5.91 Å². The number of carbonyl (C=O) groups excluding carboxylic acids is 1. The van der Waals surface area contributed by atoms with Crippen molar-refractivity contribution in [3.63, 3.8) is 0 Å². The first-order valence-corrected chi connectivity index (χ1v) is 11.8. The number of sulfonamides is 1. The van der Waals surface area contributed by atoms with E-state index in [4.69, 9.17) is 4.74 Å². The van der Waals surface area contributed by atoms with E-state index in [0.29, 0.717) is 5.69 Å². The zero-order chi connectivity index (χ0) is 22.6. The molecule has 9 heteroatoms. The van der Waals surface area contributed by atoms with Gasteiger partial charge in [0.2, 0.25) is 10.0 Å². The summed E-state index contributed by atoms with van der Waals surface area (Å²) >= 11 is 0. The molecule has 2 N–H and O–H groups in total. The summed E-state index contributed by atoms with van der Waals surface area (Å²) in [6.45, 7) is 2.06. The molecule has 1 heterocycles. The highest BCUT2D eigenvalue weighted by Gasteiger charge is 2.29. The second kappa shape index (κ2) is 9.65. The monoisotopic (exact) mass is 446 g/mol. The van der Waals surface area contributed by atoms with Gasteiger partial charge in [-0.15, -0.1) is 0 Å². The van der Waals surface area contributed by atoms with E-state index >= 15 is 0 Å². The van der Waals surface area contributed by atoms with Gasteiger partial charge >= 0.3 is 0 Å². The van der Waals surface area contributed by atoms with E-state index in [1.165, 1.54) is 25.3 Å². The first kappa shape index (κ1) is 23.0. The molecule has 1 saturated carbocycles. The Labute approximate surface area is 184 Å². The summed E-state index contributed by atoms with van der Waals surface area (Å²) in [7, 11) is 1.31. The number of benzene rings is 1. The molecule has 0 unspecified atom stereocenters. The molecule has 2 aromatic rings. The average Bonchev–Trinajstić information content (AvgIpc) is 2.75. The van der Waals surface area contributed by atoms with Crippen LogP contribution in [0.3, 0.4) is 0 Å². The van der Waals surface area contributed by atoms with E-state index in [2.05, 4.69) is 21.9 Å². The summed E-state index contributed by atoms with van der Waals surface area (Å²) in [6, 6.07) is 7.80. The van der Waals surface area contributed by atoms with Gasteiger partial charge in [0.1, 0.15) is 16.5 Å². The third kappa shape index (κ3) is 5.54. The first-order valence-electron chi connectivity index (χ1n) is 10.4. The topological polar surface area (TPSA) is 101 Å². The summed E-state index contributed by atoms with van der Waals surface area (Å²) in [5.41, 5.74) is 0.736. The van der Waals surface area contributed by atoms with Crippen molar-refractivity contribution in [1.82, 2.24) is 9.71 Å². The Morgan fingerprint density at radius 2 is 1.90 bits per heavy atom. The van der Waals surface area contributed by atoms with Gasteiger partial charge in [-0.05, 0) is 49.1 Å². The van der Waals surface area contributed by atoms with Crippen molar-refractivity contribution in [2.75, 3.05) is 31.4 Å². The Balaban J connectivity index is 1.82. The van der Waals surface area contributed by atoms with E-state index in [1.807, 2.05) is 19.0 Å². The Morgan fingerprint density at radius 3 is 2.52 bits per heavy atom. The highest BCUT2D eigenvalue weighted by atomic mass is 32.2. The molecule has 1 aliphatic carbocycles. The lowest BCUT2D eigenvalue weighted by molar-refractivity contribution is 0.102. The Kier molecular flexibility index (Phi) is 7.17. The van der Waals surface area contributed by atoms with Crippen LogP contribution < -0.4 is 19.7 Å². The molecule has 31 heavy (non-hydrogen) atoms. The third-order valence-electron chi connectivity index (χ3n) is 5.60. The molecular formula is C22H30N4O4S. The number of ether oxygens (including phenoxy) is 1. The number of pyridine rings is 1. The molecule has 1 aromatic heterocycles. The predicted molar refractivity (Wildman–Crippen MR) is 121 cm³/mol. The molecular weight excluding hydrogens is 416 g/mol. The molecule has 1 aromatic carbocycles. The molecule has 0 bridgehead atoms. The van der Waals surface area contributed by atoms with Gasteiger partial charge in [-0.2, -0.15) is 0 Å². The van der Waals surface area contributed by atoms with Gasteiger partial charge in [0, 0.05) is 25.7 Å². The number of aromatic nitrogens is 1. The van der Waals surface area contributed by atoms with Crippen molar-refractivity contribution < 1.29 is 17.9 Å². The second-order valence-corrected chi connectivity index (χ2v) is 9.79. The number of hydrogen-bond donors (Lipinski definition) is 2. The van der Waals surface area contributed by atoms with Crippen LogP contribution in [0.5, 0.6) is 5.75 Å². The predicted octanol–water partition coefficient (Wildman–Crippen LogP) is 3.27. The minimum atomic E-state index is -3.85. The van der Waals surface area contributed by atoms with E-state index < -0.39 is 15.9 Å². The number of carbonyl (C=O) groups is 1. The van der Waals surface area contributed by atoms with Crippen molar-refractivity contribution in [1.29, 1.82) is 0 Å². The molecule has 0 radical (unpaired) electrons. The Hall–Kier alpha value is -2.65. The largest absolute Gasteiger partial charge is 0.495 e. The van der Waals surface area contributed by atoms with Gasteiger partial charge in [-0.3, -0.25) is 4.79 Å². The van der Waals surface area contributed by atoms with Gasteiger partial charge in [0.15, 0.2) is 0 Å². The van der Waals surface area contributed by atoms with Crippen molar-refractivity contribution in [2.24, 2.45) is 5.92 Å². The molecule has 2 atom stereocenters. The Bertz CT molecular complexity index is 1020. The first-order chi connectivity index (χ1) is 14.7. The van der Waals surface area contributed by atoms with Crippen molar-refractivity contribution in [3.8, 4) is 5.75 Å². The summed E-state index contributed by atoms with van der Waals surface area (Å²) in [5.74, 6) is 0.798. The lowest BCUT2D eigenvalue weighted by atomic mass is 9.87. The van der Waals surface area contributed by atoms with Crippen molar-refractivity contribution in [2.45, 2.75) is 43.5 Å². The minimum absolute atomic E-state index is 0.0403. The minimum Gasteiger partial charge on any atom is -0.495 e. The molecule has 1 aliphatic rings. The second-order valence-electron chi connectivity index (χ2n) is 8.11. The molecule has 0 spiro atoms. The van der Waals surface area contributed by atoms with Crippen LogP contribution in [0.25, 0.3) is 0 Å². The number of amides is 1. The summed E-state index contributed by atoms with van der Waals surface area (Å²) in [4.78, 5) is 18.8. The Morgan fingerprint density at radius 1 is 1.16 bits per heavy atom. The maximum absolute atomic E-state index is 13.1. The average molecular weight is 447 g/mol. The van der Waals surface area contributed by atoms with Crippen molar-refractivity contribution >= 4 is 27.4 Å². The molecule has 0 aliphatic heterocycles. The SMILES string of the molecule is COc1ccc(C(=O)Nc2ccc(N(C)C)nc2)cc1S(=O)(=O)N[C@@H]1CCCC[C@H]1C. The fourth-order valence-electron chi connectivity index (χ4n) is 3.71. The summed E-state index contributed by atoms with van der Waals surface area (Å²) in [5, 5.41) is 2.75. The van der Waals surface area contributed by atoms with Crippen LogP contribution in [0, 0.1) is 5.92 Å². The lowest BCUT2D eigenvalue weighted by Gasteiger charge is -2.29. The van der Waals surface area contributed by atoms with E-state index in [1.54, 1.807) is 18.3 Å². The van der Waals surface area contributed by atoms with Gasteiger partial charge in [0.05, 0.1) is 19.0 Å². The molecule has 1 fully saturated rings. The number of nitrogens with one attached hydrogen (secondary N) is 2. The summed E-state index contributed by atoms with van der Waals surface area (Å²) in [6.07, 6.45) is 5.47. The van der Waals surface area contributed by atoms with Gasteiger partial charge in [-0.25, -0.2) is 18.1 Å². The van der Waals surface area contributed by atoms with E-state index in [9.17, 15) is 13.2 Å². The fraction of sp³-hybridized carbons (Fsp3) is 0.455. The van der Waals surface area contributed by atoms with Crippen molar-refractivity contribution in [3.05, 3.63) is 42.1 Å². The number of methoxy groups -OCH3 is 1. The van der Waals surface area contributed by atoms with E-state index in [0.717, 1.165) is 31.5 Å². The van der Waals surface area contributed by atoms with Crippen LogP contribution >= 0.6 is 0 Å². The number of anilines is 2. The van der Waals surface area contributed by atoms with Crippen LogP contribution in [0.1, 0.15) is 43.0 Å². The third-order valence-corrected chi connectivity index (χ3v) is 7.11. The maximum atomic E-state index is 13.1. The van der Waals surface area contributed by atoms with Crippen LogP contribution in [-0.2, 0) is 10.0 Å². The normalized spacial score (nSPS) is 19.0. The highest BCUT2D eigenvalue weighted by Crippen LogP contribution is 2.29. The van der Waals surface area contributed by atoms with Gasteiger partial charge < -0.3 is 15.0 Å². The van der Waals surface area contributed by atoms with E-state index in [-0.39, 0.29) is 28.2 Å². The number of hydrogen-bond acceptors (Lipinski definition) is 6.